The SMILES string of the molecule is COCCN(CCCCc1ccc2c(n1)NCCC2)CC[C@H](Nc1cc(C)nc(C)n1)C(=O)OC. The molecule has 0 aliphatic carbocycles. The molecular weight excluding hydrogens is 444 g/mol. The lowest BCUT2D eigenvalue weighted by molar-refractivity contribution is -0.141. The number of aryl methyl sites for hydroxylation is 4. The smallest absolute Gasteiger partial charge is 0.328 e. The number of ether oxygens (including phenoxy) is 2. The van der Waals surface area contributed by atoms with Crippen molar-refractivity contribution < 1.29 is 14.3 Å². The fourth-order valence-electron chi connectivity index (χ4n) is 4.38. The number of aromatic nitrogens is 3. The van der Waals surface area contributed by atoms with Crippen molar-refractivity contribution in [3.63, 3.8) is 0 Å². The summed E-state index contributed by atoms with van der Waals surface area (Å²) < 4.78 is 10.4. The van der Waals surface area contributed by atoms with Crippen LogP contribution >= 0.6 is 0 Å². The first-order chi connectivity index (χ1) is 17.0. The average molecular weight is 485 g/mol. The number of anilines is 2. The summed E-state index contributed by atoms with van der Waals surface area (Å²) in [5, 5.41) is 6.65. The number of methoxy groups -OCH3 is 2. The van der Waals surface area contributed by atoms with Crippen LogP contribution in [0.4, 0.5) is 11.6 Å². The number of carbonyl (C=O) groups is 1. The predicted molar refractivity (Wildman–Crippen MR) is 138 cm³/mol. The Kier molecular flexibility index (Phi) is 10.7. The second-order valence-electron chi connectivity index (χ2n) is 9.08. The van der Waals surface area contributed by atoms with E-state index in [0.29, 0.717) is 24.7 Å². The van der Waals surface area contributed by atoms with Gasteiger partial charge in [-0.1, -0.05) is 6.07 Å². The second kappa shape index (κ2) is 13.9. The van der Waals surface area contributed by atoms with Crippen molar-refractivity contribution in [2.45, 2.75) is 58.4 Å². The number of pyridine rings is 1. The summed E-state index contributed by atoms with van der Waals surface area (Å²) in [6.45, 7) is 7.92. The van der Waals surface area contributed by atoms with E-state index in [1.165, 1.54) is 19.1 Å². The van der Waals surface area contributed by atoms with Crippen molar-refractivity contribution in [1.29, 1.82) is 0 Å². The van der Waals surface area contributed by atoms with Crippen LogP contribution in [-0.2, 0) is 27.1 Å². The number of nitrogens with one attached hydrogen (secondary N) is 2. The normalized spacial score (nSPS) is 13.7. The predicted octanol–water partition coefficient (Wildman–Crippen LogP) is 3.16. The summed E-state index contributed by atoms with van der Waals surface area (Å²) in [5.74, 6) is 2.08. The van der Waals surface area contributed by atoms with Crippen LogP contribution in [0.3, 0.4) is 0 Å². The molecule has 0 spiro atoms. The molecule has 1 aliphatic heterocycles. The fourth-order valence-corrected chi connectivity index (χ4v) is 4.38. The molecule has 0 aromatic carbocycles. The van der Waals surface area contributed by atoms with Gasteiger partial charge < -0.3 is 25.0 Å². The van der Waals surface area contributed by atoms with E-state index >= 15 is 0 Å². The highest BCUT2D eigenvalue weighted by molar-refractivity contribution is 5.78. The Morgan fingerprint density at radius 3 is 2.77 bits per heavy atom. The van der Waals surface area contributed by atoms with Gasteiger partial charge in [-0.2, -0.15) is 0 Å². The first-order valence-electron chi connectivity index (χ1n) is 12.6. The minimum atomic E-state index is -0.481. The second-order valence-corrected chi connectivity index (χ2v) is 9.08. The van der Waals surface area contributed by atoms with Crippen LogP contribution in [0, 0.1) is 13.8 Å². The maximum absolute atomic E-state index is 12.4. The Morgan fingerprint density at radius 1 is 1.14 bits per heavy atom. The molecule has 2 aromatic heterocycles. The molecule has 0 radical (unpaired) electrons. The van der Waals surface area contributed by atoms with Gasteiger partial charge in [-0.25, -0.2) is 19.7 Å². The molecule has 0 unspecified atom stereocenters. The van der Waals surface area contributed by atoms with Crippen LogP contribution in [0.15, 0.2) is 18.2 Å². The third kappa shape index (κ3) is 8.74. The van der Waals surface area contributed by atoms with Gasteiger partial charge in [-0.15, -0.1) is 0 Å². The van der Waals surface area contributed by atoms with Crippen LogP contribution in [0.2, 0.25) is 0 Å². The molecule has 0 amide bonds. The quantitative estimate of drug-likeness (QED) is 0.309. The van der Waals surface area contributed by atoms with Crippen LogP contribution in [0.1, 0.15) is 48.5 Å². The van der Waals surface area contributed by atoms with Crippen molar-refractivity contribution >= 4 is 17.6 Å². The molecule has 9 heteroatoms. The molecule has 0 bridgehead atoms. The maximum atomic E-state index is 12.4. The van der Waals surface area contributed by atoms with Crippen molar-refractivity contribution in [2.75, 3.05) is 57.6 Å². The van der Waals surface area contributed by atoms with E-state index < -0.39 is 6.04 Å². The van der Waals surface area contributed by atoms with E-state index in [1.54, 1.807) is 7.11 Å². The lowest BCUT2D eigenvalue weighted by Crippen LogP contribution is -2.37. The number of hydrogen-bond acceptors (Lipinski definition) is 9. The number of esters is 1. The molecule has 1 aliphatic rings. The molecule has 9 nitrogen and oxygen atoms in total. The third-order valence-electron chi connectivity index (χ3n) is 6.23. The van der Waals surface area contributed by atoms with Crippen molar-refractivity contribution in [1.82, 2.24) is 19.9 Å². The van der Waals surface area contributed by atoms with Crippen LogP contribution < -0.4 is 10.6 Å². The zero-order valence-electron chi connectivity index (χ0n) is 21.6. The Bertz CT molecular complexity index is 934. The number of hydrogen-bond donors (Lipinski definition) is 2. The Morgan fingerprint density at radius 2 is 2.00 bits per heavy atom. The van der Waals surface area contributed by atoms with Crippen molar-refractivity contribution in [3.8, 4) is 0 Å². The van der Waals surface area contributed by atoms with E-state index in [1.807, 2.05) is 19.9 Å². The lowest BCUT2D eigenvalue weighted by Gasteiger charge is -2.25. The highest BCUT2D eigenvalue weighted by atomic mass is 16.5. The molecule has 0 fully saturated rings. The molecule has 3 rings (SSSR count). The topological polar surface area (TPSA) is 102 Å². The van der Waals surface area contributed by atoms with Gasteiger partial charge in [0.05, 0.1) is 13.7 Å². The van der Waals surface area contributed by atoms with Crippen molar-refractivity contribution in [3.05, 3.63) is 41.0 Å². The van der Waals surface area contributed by atoms with Crippen LogP contribution in [0.25, 0.3) is 0 Å². The summed E-state index contributed by atoms with van der Waals surface area (Å²) in [4.78, 5) is 28.3. The number of carbonyl (C=O) groups excluding carboxylic acids is 1. The molecule has 192 valence electrons. The average Bonchev–Trinajstić information content (AvgIpc) is 2.85. The lowest BCUT2D eigenvalue weighted by atomic mass is 10.1. The third-order valence-corrected chi connectivity index (χ3v) is 6.23. The van der Waals surface area contributed by atoms with Crippen LogP contribution in [-0.4, -0.2) is 78.9 Å². The summed E-state index contributed by atoms with van der Waals surface area (Å²) in [6, 6.07) is 5.74. The van der Waals surface area contributed by atoms with Gasteiger partial charge in [0.1, 0.15) is 23.5 Å². The number of rotatable bonds is 14. The standard InChI is InChI=1S/C26H40N6O3/c1-19-18-24(29-20(2)28-19)31-23(26(33)35-4)12-15-32(16-17-34-3)14-6-5-9-22-11-10-21-8-7-13-27-25(21)30-22/h10-11,18,23H,5-9,12-17H2,1-4H3,(H,27,30)(H,28,29,31)/t23-/m0/s1. The number of fused-ring (bicyclic) bond motifs is 1. The Balaban J connectivity index is 1.50. The molecular formula is C26H40N6O3. The van der Waals surface area contributed by atoms with E-state index in [4.69, 9.17) is 14.5 Å². The molecule has 2 aromatic rings. The largest absolute Gasteiger partial charge is 0.467 e. The molecule has 1 atom stereocenters. The number of unbranched alkanes of at least 4 members (excludes halogenated alkanes) is 1. The maximum Gasteiger partial charge on any atom is 0.328 e. The summed E-state index contributed by atoms with van der Waals surface area (Å²) in [5.41, 5.74) is 3.33. The minimum absolute atomic E-state index is 0.294. The fraction of sp³-hybridized carbons (Fsp3) is 0.615. The van der Waals surface area contributed by atoms with Gasteiger partial charge >= 0.3 is 5.97 Å². The first-order valence-corrected chi connectivity index (χ1v) is 12.6. The zero-order chi connectivity index (χ0) is 25.0. The van der Waals surface area contributed by atoms with E-state index in [9.17, 15) is 4.79 Å². The molecule has 0 saturated carbocycles. The van der Waals surface area contributed by atoms with Crippen LogP contribution in [0.5, 0.6) is 0 Å². The molecule has 3 heterocycles. The van der Waals surface area contributed by atoms with E-state index in [0.717, 1.165) is 69.1 Å². The van der Waals surface area contributed by atoms with Gasteiger partial charge in [0, 0.05) is 44.2 Å². The highest BCUT2D eigenvalue weighted by Gasteiger charge is 2.21. The Labute approximate surface area is 209 Å². The van der Waals surface area contributed by atoms with Gasteiger partial charge in [0.15, 0.2) is 0 Å². The van der Waals surface area contributed by atoms with Gasteiger partial charge in [0.25, 0.3) is 0 Å². The minimum Gasteiger partial charge on any atom is -0.467 e. The summed E-state index contributed by atoms with van der Waals surface area (Å²) >= 11 is 0. The molecule has 2 N–H and O–H groups in total. The number of nitrogens with zero attached hydrogens (tertiary/aromatic N) is 4. The summed E-state index contributed by atoms with van der Waals surface area (Å²) in [6.07, 6.45) is 5.98. The van der Waals surface area contributed by atoms with E-state index in [2.05, 4.69) is 37.6 Å². The Hall–Kier alpha value is -2.78. The molecule has 0 saturated heterocycles. The zero-order valence-corrected chi connectivity index (χ0v) is 21.6. The van der Waals surface area contributed by atoms with Crippen molar-refractivity contribution in [2.24, 2.45) is 0 Å². The van der Waals surface area contributed by atoms with Gasteiger partial charge in [-0.05, 0) is 70.5 Å². The van der Waals surface area contributed by atoms with Gasteiger partial charge in [-0.3, -0.25) is 0 Å². The first kappa shape index (κ1) is 26.8. The molecule has 35 heavy (non-hydrogen) atoms. The highest BCUT2D eigenvalue weighted by Crippen LogP contribution is 2.20. The monoisotopic (exact) mass is 484 g/mol. The van der Waals surface area contributed by atoms with Gasteiger partial charge in [0.2, 0.25) is 0 Å². The van der Waals surface area contributed by atoms with E-state index in [-0.39, 0.29) is 5.97 Å². The summed E-state index contributed by atoms with van der Waals surface area (Å²) in [7, 11) is 3.13.